The molecule has 78 valence electrons. The van der Waals surface area contributed by atoms with Crippen LogP contribution in [-0.4, -0.2) is 16.3 Å². The van der Waals surface area contributed by atoms with Crippen LogP contribution in [0.25, 0.3) is 0 Å². The zero-order valence-corrected chi connectivity index (χ0v) is 10.5. The second-order valence-corrected chi connectivity index (χ2v) is 5.94. The van der Waals surface area contributed by atoms with Gasteiger partial charge in [0.1, 0.15) is 5.44 Å². The summed E-state index contributed by atoms with van der Waals surface area (Å²) in [6.45, 7) is 1.77. The van der Waals surface area contributed by atoms with E-state index < -0.39 is 0 Å². The van der Waals surface area contributed by atoms with E-state index in [1.165, 1.54) is 21.3 Å². The van der Waals surface area contributed by atoms with Crippen LogP contribution in [0, 0.1) is 0 Å². The van der Waals surface area contributed by atoms with Crippen LogP contribution in [0.4, 0.5) is 0 Å². The second kappa shape index (κ2) is 6.67. The molecular weight excluding hydrogens is 232 g/mol. The average molecular weight is 246 g/mol. The molecule has 1 rings (SSSR count). The summed E-state index contributed by atoms with van der Waals surface area (Å²) in [4.78, 5) is 1.19. The molecule has 1 atom stereocenters. The summed E-state index contributed by atoms with van der Waals surface area (Å²) >= 11 is 4.20. The average Bonchev–Trinajstić information content (AvgIpc) is 2.16. The minimum Gasteiger partial charge on any atom is -0.382 e. The van der Waals surface area contributed by atoms with Crippen molar-refractivity contribution in [2.75, 3.05) is 5.75 Å². The molecular formula is C10H14OS3. The van der Waals surface area contributed by atoms with Crippen molar-refractivity contribution in [3.8, 4) is 0 Å². The van der Waals surface area contributed by atoms with Gasteiger partial charge >= 0.3 is 0 Å². The van der Waals surface area contributed by atoms with E-state index in [4.69, 9.17) is 5.11 Å². The van der Waals surface area contributed by atoms with E-state index in [0.717, 1.165) is 12.2 Å². The Morgan fingerprint density at radius 2 is 2.29 bits per heavy atom. The van der Waals surface area contributed by atoms with Gasteiger partial charge in [0.25, 0.3) is 0 Å². The van der Waals surface area contributed by atoms with Gasteiger partial charge in [-0.25, -0.2) is 0 Å². The fourth-order valence-electron chi connectivity index (χ4n) is 1.01. The third-order valence-corrected chi connectivity index (χ3v) is 4.33. The van der Waals surface area contributed by atoms with Gasteiger partial charge in [0.15, 0.2) is 0 Å². The van der Waals surface area contributed by atoms with Crippen LogP contribution >= 0.6 is 34.2 Å². The lowest BCUT2D eigenvalue weighted by atomic mass is 10.2. The monoisotopic (exact) mass is 246 g/mol. The Morgan fingerprint density at radius 1 is 1.50 bits per heavy atom. The summed E-state index contributed by atoms with van der Waals surface area (Å²) < 4.78 is 0. The van der Waals surface area contributed by atoms with Crippen molar-refractivity contribution in [2.24, 2.45) is 0 Å². The maximum absolute atomic E-state index is 9.12. The molecule has 0 aliphatic heterocycles. The number of hydrogen-bond acceptors (Lipinski definition) is 4. The molecule has 0 heterocycles. The lowest BCUT2D eigenvalue weighted by Gasteiger charge is -2.04. The fraction of sp³-hybridized carbons (Fsp3) is 0.400. The largest absolute Gasteiger partial charge is 0.382 e. The summed E-state index contributed by atoms with van der Waals surface area (Å²) in [7, 11) is 3.07. The number of aryl methyl sites for hydroxylation is 1. The second-order valence-electron chi connectivity index (χ2n) is 2.90. The van der Waals surface area contributed by atoms with Crippen LogP contribution in [0.5, 0.6) is 0 Å². The van der Waals surface area contributed by atoms with Crippen LogP contribution in [0.1, 0.15) is 12.5 Å². The van der Waals surface area contributed by atoms with Crippen molar-refractivity contribution in [1.82, 2.24) is 0 Å². The van der Waals surface area contributed by atoms with E-state index in [2.05, 4.69) is 30.8 Å². The molecule has 1 unspecified atom stereocenters. The van der Waals surface area contributed by atoms with E-state index >= 15 is 0 Å². The van der Waals surface area contributed by atoms with Crippen LogP contribution in [0.15, 0.2) is 29.2 Å². The predicted octanol–water partition coefficient (Wildman–Crippen LogP) is 3.24. The summed E-state index contributed by atoms with van der Waals surface area (Å²) in [5, 5.41) is 9.12. The first-order valence-corrected chi connectivity index (χ1v) is 7.28. The van der Waals surface area contributed by atoms with Gasteiger partial charge in [-0.15, -0.1) is 0 Å². The predicted molar refractivity (Wildman–Crippen MR) is 69.1 cm³/mol. The molecule has 4 heteroatoms. The highest BCUT2D eigenvalue weighted by atomic mass is 33.1. The molecule has 0 radical (unpaired) electrons. The standard InChI is InChI=1S/C10H14OS3/c1-8(11)13-14-10-4-2-3-9(7-10)5-6-12/h2-4,7-8,11-12H,5-6H2,1H3. The number of aliphatic hydroxyl groups is 1. The molecule has 0 saturated carbocycles. The topological polar surface area (TPSA) is 20.2 Å². The Bertz CT molecular complexity index is 276. The van der Waals surface area contributed by atoms with Gasteiger partial charge in [-0.3, -0.25) is 0 Å². The molecule has 0 aromatic heterocycles. The Morgan fingerprint density at radius 3 is 2.93 bits per heavy atom. The summed E-state index contributed by atoms with van der Waals surface area (Å²) in [5.41, 5.74) is 0.977. The highest BCUT2D eigenvalue weighted by molar-refractivity contribution is 8.76. The van der Waals surface area contributed by atoms with Gasteiger partial charge in [0.05, 0.1) is 0 Å². The lowest BCUT2D eigenvalue weighted by Crippen LogP contribution is -1.88. The van der Waals surface area contributed by atoms with Gasteiger partial charge in [0, 0.05) is 4.90 Å². The summed E-state index contributed by atoms with van der Waals surface area (Å²) in [6.07, 6.45) is 0.997. The number of thiol groups is 1. The number of benzene rings is 1. The quantitative estimate of drug-likeness (QED) is 0.473. The van der Waals surface area contributed by atoms with Gasteiger partial charge in [-0.1, -0.05) is 33.7 Å². The van der Waals surface area contributed by atoms with Crippen molar-refractivity contribution in [2.45, 2.75) is 23.7 Å². The van der Waals surface area contributed by atoms with Crippen LogP contribution < -0.4 is 0 Å². The molecule has 0 spiro atoms. The molecule has 1 N–H and O–H groups in total. The Balaban J connectivity index is 2.54. The highest BCUT2D eigenvalue weighted by Crippen LogP contribution is 2.33. The molecule has 0 aliphatic carbocycles. The zero-order chi connectivity index (χ0) is 10.4. The van der Waals surface area contributed by atoms with Crippen molar-refractivity contribution in [3.05, 3.63) is 29.8 Å². The first kappa shape index (κ1) is 12.3. The van der Waals surface area contributed by atoms with Crippen molar-refractivity contribution < 1.29 is 5.11 Å². The molecule has 1 aromatic carbocycles. The maximum atomic E-state index is 9.12. The normalized spacial score (nSPS) is 12.8. The highest BCUT2D eigenvalue weighted by Gasteiger charge is 2.00. The molecule has 0 fully saturated rings. The lowest BCUT2D eigenvalue weighted by molar-refractivity contribution is 0.285. The first-order chi connectivity index (χ1) is 6.72. The van der Waals surface area contributed by atoms with Crippen LogP contribution in [0.3, 0.4) is 0 Å². The summed E-state index contributed by atoms with van der Waals surface area (Å²) in [6, 6.07) is 8.36. The van der Waals surface area contributed by atoms with E-state index in [0.29, 0.717) is 0 Å². The Labute approximate surface area is 98.5 Å². The van der Waals surface area contributed by atoms with Crippen LogP contribution in [-0.2, 0) is 6.42 Å². The van der Waals surface area contributed by atoms with Crippen molar-refractivity contribution in [1.29, 1.82) is 0 Å². The van der Waals surface area contributed by atoms with Crippen LogP contribution in [0.2, 0.25) is 0 Å². The van der Waals surface area contributed by atoms with E-state index in [1.807, 2.05) is 6.07 Å². The molecule has 0 bridgehead atoms. The van der Waals surface area contributed by atoms with Gasteiger partial charge < -0.3 is 5.11 Å². The number of rotatable bonds is 5. The molecule has 0 aliphatic rings. The molecule has 1 nitrogen and oxygen atoms in total. The smallest absolute Gasteiger partial charge is 0.107 e. The third kappa shape index (κ3) is 4.64. The Hall–Kier alpha value is 0.230. The zero-order valence-electron chi connectivity index (χ0n) is 8.01. The van der Waals surface area contributed by atoms with E-state index in [9.17, 15) is 0 Å². The van der Waals surface area contributed by atoms with Crippen molar-refractivity contribution >= 4 is 34.2 Å². The van der Waals surface area contributed by atoms with E-state index in [-0.39, 0.29) is 5.44 Å². The van der Waals surface area contributed by atoms with Gasteiger partial charge in [-0.05, 0) is 36.8 Å². The minimum absolute atomic E-state index is 0.325. The number of hydrogen-bond donors (Lipinski definition) is 2. The maximum Gasteiger partial charge on any atom is 0.107 e. The molecule has 0 saturated heterocycles. The molecule has 0 amide bonds. The minimum atomic E-state index is -0.325. The van der Waals surface area contributed by atoms with E-state index in [1.54, 1.807) is 17.7 Å². The number of aliphatic hydroxyl groups excluding tert-OH is 1. The SMILES string of the molecule is CC(O)SSc1cccc(CCS)c1. The first-order valence-electron chi connectivity index (χ1n) is 4.43. The third-order valence-electron chi connectivity index (χ3n) is 1.58. The summed E-state index contributed by atoms with van der Waals surface area (Å²) in [5.74, 6) is 0.873. The molecule has 1 aromatic rings. The van der Waals surface area contributed by atoms with Crippen molar-refractivity contribution in [3.63, 3.8) is 0 Å². The molecule has 14 heavy (non-hydrogen) atoms. The Kier molecular flexibility index (Phi) is 5.86. The fourth-order valence-corrected chi connectivity index (χ4v) is 2.91. The van der Waals surface area contributed by atoms with Gasteiger partial charge in [-0.2, -0.15) is 12.6 Å². The van der Waals surface area contributed by atoms with Gasteiger partial charge in [0.2, 0.25) is 0 Å².